The molecule has 18 heavy (non-hydrogen) atoms. The summed E-state index contributed by atoms with van der Waals surface area (Å²) in [6.07, 6.45) is -3.77. The molecule has 0 aliphatic carbocycles. The smallest absolute Gasteiger partial charge is 0.406 e. The van der Waals surface area contributed by atoms with Gasteiger partial charge in [0.05, 0.1) is 12.6 Å². The topological polar surface area (TPSA) is 32.7 Å². The standard InChI is InChI=1S/C12H14F3NO2/c1-8-6-9(16-5-4-10(16)7-17)2-3-11(8)18-12(13,14)15/h2-3,6,10,17H,4-5,7H2,1H3. The van der Waals surface area contributed by atoms with E-state index in [4.69, 9.17) is 5.11 Å². The van der Waals surface area contributed by atoms with Crippen molar-refractivity contribution in [2.75, 3.05) is 18.1 Å². The van der Waals surface area contributed by atoms with Gasteiger partial charge in [0.2, 0.25) is 0 Å². The summed E-state index contributed by atoms with van der Waals surface area (Å²) in [5.41, 5.74) is 1.24. The fraction of sp³-hybridized carbons (Fsp3) is 0.500. The van der Waals surface area contributed by atoms with Crippen LogP contribution in [0.5, 0.6) is 5.75 Å². The molecule has 1 N–H and O–H groups in total. The second kappa shape index (κ2) is 4.68. The number of anilines is 1. The van der Waals surface area contributed by atoms with Gasteiger partial charge >= 0.3 is 6.36 Å². The summed E-state index contributed by atoms with van der Waals surface area (Å²) >= 11 is 0. The Morgan fingerprint density at radius 1 is 1.44 bits per heavy atom. The third-order valence-corrected chi connectivity index (χ3v) is 3.07. The van der Waals surface area contributed by atoms with Crippen molar-refractivity contribution in [1.29, 1.82) is 0 Å². The van der Waals surface area contributed by atoms with Crippen LogP contribution < -0.4 is 9.64 Å². The summed E-state index contributed by atoms with van der Waals surface area (Å²) in [7, 11) is 0. The molecule has 3 nitrogen and oxygen atoms in total. The Morgan fingerprint density at radius 2 is 2.17 bits per heavy atom. The van der Waals surface area contributed by atoms with Crippen molar-refractivity contribution in [1.82, 2.24) is 0 Å². The number of hydrogen-bond acceptors (Lipinski definition) is 3. The second-order valence-electron chi connectivity index (χ2n) is 4.32. The lowest BCUT2D eigenvalue weighted by atomic mass is 10.0. The molecule has 0 radical (unpaired) electrons. The van der Waals surface area contributed by atoms with Crippen LogP contribution in [0.15, 0.2) is 18.2 Å². The quantitative estimate of drug-likeness (QED) is 0.907. The van der Waals surface area contributed by atoms with Crippen molar-refractivity contribution >= 4 is 5.69 Å². The number of rotatable bonds is 3. The first-order valence-corrected chi connectivity index (χ1v) is 5.64. The summed E-state index contributed by atoms with van der Waals surface area (Å²) in [5.74, 6) is -0.188. The molecule has 1 aromatic rings. The maximum absolute atomic E-state index is 12.1. The molecule has 1 aromatic carbocycles. The third kappa shape index (κ3) is 2.69. The van der Waals surface area contributed by atoms with Gasteiger partial charge in [-0.15, -0.1) is 13.2 Å². The van der Waals surface area contributed by atoms with E-state index in [-0.39, 0.29) is 18.4 Å². The van der Waals surface area contributed by atoms with Crippen molar-refractivity contribution in [3.05, 3.63) is 23.8 Å². The summed E-state index contributed by atoms with van der Waals surface area (Å²) in [5, 5.41) is 9.08. The van der Waals surface area contributed by atoms with Crippen LogP contribution in [0.1, 0.15) is 12.0 Å². The number of nitrogens with zero attached hydrogens (tertiary/aromatic N) is 1. The average molecular weight is 261 g/mol. The number of benzene rings is 1. The van der Waals surface area contributed by atoms with Gasteiger partial charge in [-0.25, -0.2) is 0 Å². The lowest BCUT2D eigenvalue weighted by Gasteiger charge is -2.42. The molecule has 1 fully saturated rings. The Balaban J connectivity index is 2.15. The van der Waals surface area contributed by atoms with Gasteiger partial charge in [-0.3, -0.25) is 0 Å². The number of halogens is 3. The van der Waals surface area contributed by atoms with Crippen molar-refractivity contribution < 1.29 is 23.0 Å². The Labute approximate surface area is 103 Å². The number of aliphatic hydroxyl groups excluding tert-OH is 1. The average Bonchev–Trinajstić information content (AvgIpc) is 2.19. The van der Waals surface area contributed by atoms with E-state index in [2.05, 4.69) is 4.74 Å². The van der Waals surface area contributed by atoms with E-state index in [0.29, 0.717) is 5.56 Å². The van der Waals surface area contributed by atoms with Gasteiger partial charge in [0.15, 0.2) is 0 Å². The van der Waals surface area contributed by atoms with Gasteiger partial charge in [0.1, 0.15) is 5.75 Å². The van der Waals surface area contributed by atoms with Crippen molar-refractivity contribution in [2.24, 2.45) is 0 Å². The minimum absolute atomic E-state index is 0.0554. The normalized spacial score (nSPS) is 19.6. The Kier molecular flexibility index (Phi) is 3.38. The van der Waals surface area contributed by atoms with Crippen LogP contribution in [-0.2, 0) is 0 Å². The van der Waals surface area contributed by atoms with Crippen LogP contribution in [0.4, 0.5) is 18.9 Å². The van der Waals surface area contributed by atoms with Crippen molar-refractivity contribution in [2.45, 2.75) is 25.7 Å². The van der Waals surface area contributed by atoms with Gasteiger partial charge in [0.25, 0.3) is 0 Å². The largest absolute Gasteiger partial charge is 0.573 e. The van der Waals surface area contributed by atoms with Crippen LogP contribution in [0.2, 0.25) is 0 Å². The molecule has 0 bridgehead atoms. The van der Waals surface area contributed by atoms with Gasteiger partial charge in [-0.2, -0.15) is 0 Å². The minimum atomic E-state index is -4.67. The van der Waals surface area contributed by atoms with E-state index in [1.165, 1.54) is 6.07 Å². The molecule has 100 valence electrons. The number of aryl methyl sites for hydroxylation is 1. The first-order chi connectivity index (χ1) is 8.40. The van der Waals surface area contributed by atoms with E-state index >= 15 is 0 Å². The summed E-state index contributed by atoms with van der Waals surface area (Å²) in [4.78, 5) is 1.96. The SMILES string of the molecule is Cc1cc(N2CCC2CO)ccc1OC(F)(F)F. The fourth-order valence-corrected chi connectivity index (χ4v) is 2.02. The fourth-order valence-electron chi connectivity index (χ4n) is 2.02. The third-order valence-electron chi connectivity index (χ3n) is 3.07. The predicted octanol–water partition coefficient (Wildman–Crippen LogP) is 2.46. The molecular weight excluding hydrogens is 247 g/mol. The van der Waals surface area contributed by atoms with E-state index in [1.54, 1.807) is 19.1 Å². The predicted molar refractivity (Wildman–Crippen MR) is 60.7 cm³/mol. The summed E-state index contributed by atoms with van der Waals surface area (Å²) in [6.45, 7) is 2.43. The number of alkyl halides is 3. The molecule has 1 saturated heterocycles. The Bertz CT molecular complexity index is 432. The van der Waals surface area contributed by atoms with Crippen LogP contribution in [0.3, 0.4) is 0 Å². The van der Waals surface area contributed by atoms with Crippen molar-refractivity contribution in [3.8, 4) is 5.75 Å². The molecule has 0 spiro atoms. The van der Waals surface area contributed by atoms with Gasteiger partial charge in [-0.1, -0.05) is 0 Å². The molecule has 1 heterocycles. The highest BCUT2D eigenvalue weighted by atomic mass is 19.4. The Hall–Kier alpha value is -1.43. The lowest BCUT2D eigenvalue weighted by molar-refractivity contribution is -0.274. The molecule has 1 atom stereocenters. The molecule has 1 unspecified atom stereocenters. The maximum atomic E-state index is 12.1. The number of ether oxygens (including phenoxy) is 1. The molecule has 0 amide bonds. The molecule has 0 aromatic heterocycles. The monoisotopic (exact) mass is 261 g/mol. The van der Waals surface area contributed by atoms with Gasteiger partial charge in [0, 0.05) is 12.2 Å². The zero-order valence-electron chi connectivity index (χ0n) is 9.87. The molecule has 1 aliphatic heterocycles. The molecule has 0 saturated carbocycles. The first kappa shape index (κ1) is 13.0. The lowest BCUT2D eigenvalue weighted by Crippen LogP contribution is -2.50. The van der Waals surface area contributed by atoms with Gasteiger partial charge < -0.3 is 14.7 Å². The highest BCUT2D eigenvalue weighted by Crippen LogP contribution is 2.32. The van der Waals surface area contributed by atoms with Crippen LogP contribution in [-0.4, -0.2) is 30.7 Å². The number of hydrogen-bond donors (Lipinski definition) is 1. The summed E-state index contributed by atoms with van der Waals surface area (Å²) < 4.78 is 40.2. The van der Waals surface area contributed by atoms with E-state index < -0.39 is 6.36 Å². The highest BCUT2D eigenvalue weighted by molar-refractivity contribution is 5.55. The van der Waals surface area contributed by atoms with Gasteiger partial charge in [-0.05, 0) is 37.1 Å². The van der Waals surface area contributed by atoms with E-state index in [0.717, 1.165) is 18.7 Å². The van der Waals surface area contributed by atoms with E-state index in [9.17, 15) is 13.2 Å². The molecule has 2 rings (SSSR count). The zero-order chi connectivity index (χ0) is 13.3. The maximum Gasteiger partial charge on any atom is 0.573 e. The molecule has 6 heteroatoms. The Morgan fingerprint density at radius 3 is 2.61 bits per heavy atom. The van der Waals surface area contributed by atoms with Crippen LogP contribution in [0, 0.1) is 6.92 Å². The van der Waals surface area contributed by atoms with Crippen molar-refractivity contribution in [3.63, 3.8) is 0 Å². The van der Waals surface area contributed by atoms with Crippen LogP contribution >= 0.6 is 0 Å². The first-order valence-electron chi connectivity index (χ1n) is 5.64. The highest BCUT2D eigenvalue weighted by Gasteiger charge is 2.32. The summed E-state index contributed by atoms with van der Waals surface area (Å²) in [6, 6.07) is 4.60. The number of aliphatic hydroxyl groups is 1. The van der Waals surface area contributed by atoms with E-state index in [1.807, 2.05) is 4.90 Å². The molecule has 1 aliphatic rings. The zero-order valence-corrected chi connectivity index (χ0v) is 9.87. The second-order valence-corrected chi connectivity index (χ2v) is 4.32. The minimum Gasteiger partial charge on any atom is -0.406 e. The van der Waals surface area contributed by atoms with Crippen LogP contribution in [0.25, 0.3) is 0 Å². The molecular formula is C12H14F3NO2.